The van der Waals surface area contributed by atoms with Crippen molar-refractivity contribution in [2.24, 2.45) is 0 Å². The van der Waals surface area contributed by atoms with E-state index in [0.29, 0.717) is 17.8 Å². The van der Waals surface area contributed by atoms with E-state index in [1.807, 2.05) is 6.92 Å². The molecule has 0 atom stereocenters. The van der Waals surface area contributed by atoms with E-state index in [4.69, 9.17) is 0 Å². The Hall–Kier alpha value is -2.48. The molecule has 8 heteroatoms. The van der Waals surface area contributed by atoms with E-state index in [1.165, 1.54) is 18.3 Å². The van der Waals surface area contributed by atoms with Crippen molar-refractivity contribution in [3.8, 4) is 0 Å². The minimum absolute atomic E-state index is 0.0188. The highest BCUT2D eigenvalue weighted by Gasteiger charge is 2.15. The highest BCUT2D eigenvalue weighted by atomic mass is 32.2. The van der Waals surface area contributed by atoms with Crippen LogP contribution in [-0.4, -0.2) is 24.3 Å². The van der Waals surface area contributed by atoms with Gasteiger partial charge in [-0.1, -0.05) is 6.92 Å². The molecule has 122 valence electrons. The lowest BCUT2D eigenvalue weighted by molar-refractivity contribution is -0.116. The van der Waals surface area contributed by atoms with Crippen LogP contribution in [0, 0.1) is 6.92 Å². The zero-order chi connectivity index (χ0) is 16.9. The van der Waals surface area contributed by atoms with Crippen LogP contribution < -0.4 is 10.0 Å². The third kappa shape index (κ3) is 4.75. The van der Waals surface area contributed by atoms with Gasteiger partial charge in [-0.15, -0.1) is 0 Å². The van der Waals surface area contributed by atoms with Crippen LogP contribution in [0.2, 0.25) is 0 Å². The molecule has 2 rings (SSSR count). The van der Waals surface area contributed by atoms with Gasteiger partial charge in [-0.05, 0) is 43.7 Å². The molecule has 0 spiro atoms. The number of nitrogens with one attached hydrogen (secondary N) is 2. The van der Waals surface area contributed by atoms with Gasteiger partial charge in [0.05, 0.1) is 4.90 Å². The number of rotatable bonds is 6. The number of nitrogens with zero attached hydrogens (tertiary/aromatic N) is 2. The second-order valence-electron chi connectivity index (χ2n) is 4.95. The Morgan fingerprint density at radius 3 is 2.48 bits per heavy atom. The van der Waals surface area contributed by atoms with Crippen LogP contribution in [0.25, 0.3) is 0 Å². The summed E-state index contributed by atoms with van der Waals surface area (Å²) in [4.78, 5) is 19.4. The summed E-state index contributed by atoms with van der Waals surface area (Å²) in [6, 6.07) is 7.59. The van der Waals surface area contributed by atoms with Gasteiger partial charge < -0.3 is 5.32 Å². The first-order valence-corrected chi connectivity index (χ1v) is 8.61. The van der Waals surface area contributed by atoms with Crippen molar-refractivity contribution in [1.82, 2.24) is 9.97 Å². The molecule has 0 unspecified atom stereocenters. The van der Waals surface area contributed by atoms with Gasteiger partial charge in [0.15, 0.2) is 0 Å². The number of aryl methyl sites for hydroxylation is 1. The van der Waals surface area contributed by atoms with E-state index in [9.17, 15) is 13.2 Å². The Morgan fingerprint density at radius 2 is 1.87 bits per heavy atom. The second-order valence-corrected chi connectivity index (χ2v) is 6.63. The molecule has 0 saturated carbocycles. The van der Waals surface area contributed by atoms with Gasteiger partial charge in [0.1, 0.15) is 0 Å². The molecule has 0 fully saturated rings. The number of benzene rings is 1. The van der Waals surface area contributed by atoms with E-state index >= 15 is 0 Å². The van der Waals surface area contributed by atoms with E-state index in [1.54, 1.807) is 25.1 Å². The molecule has 1 aromatic carbocycles. The quantitative estimate of drug-likeness (QED) is 0.844. The largest absolute Gasteiger partial charge is 0.326 e. The summed E-state index contributed by atoms with van der Waals surface area (Å²) in [7, 11) is -3.77. The number of hydrogen-bond donors (Lipinski definition) is 2. The van der Waals surface area contributed by atoms with Gasteiger partial charge in [-0.2, -0.15) is 0 Å². The minimum atomic E-state index is -3.77. The highest BCUT2D eigenvalue weighted by molar-refractivity contribution is 7.92. The van der Waals surface area contributed by atoms with Crippen molar-refractivity contribution in [3.05, 3.63) is 42.2 Å². The maximum Gasteiger partial charge on any atom is 0.264 e. The van der Waals surface area contributed by atoms with Crippen molar-refractivity contribution in [1.29, 1.82) is 0 Å². The zero-order valence-electron chi connectivity index (χ0n) is 12.9. The Balaban J connectivity index is 2.12. The molecule has 0 aliphatic heterocycles. The van der Waals surface area contributed by atoms with E-state index in [0.717, 1.165) is 6.42 Å². The Morgan fingerprint density at radius 1 is 1.17 bits per heavy atom. The maximum absolute atomic E-state index is 12.3. The van der Waals surface area contributed by atoms with Crippen molar-refractivity contribution in [3.63, 3.8) is 0 Å². The third-order valence-electron chi connectivity index (χ3n) is 2.95. The second kappa shape index (κ2) is 7.19. The van der Waals surface area contributed by atoms with Crippen molar-refractivity contribution in [2.75, 3.05) is 10.0 Å². The topological polar surface area (TPSA) is 101 Å². The predicted molar refractivity (Wildman–Crippen MR) is 87.6 cm³/mol. The average Bonchev–Trinajstić information content (AvgIpc) is 2.47. The standard InChI is InChI=1S/C15H18N4O3S/c1-3-4-14(20)18-12-5-7-13(8-6-12)23(21,22)19-15-16-10-9-11(2)17-15/h5-10H,3-4H2,1-2H3,(H,18,20)(H,16,17,19). The molecule has 7 nitrogen and oxygen atoms in total. The summed E-state index contributed by atoms with van der Waals surface area (Å²) in [5.41, 5.74) is 1.21. The molecule has 2 N–H and O–H groups in total. The summed E-state index contributed by atoms with van der Waals surface area (Å²) in [5.74, 6) is -0.0836. The number of carbonyl (C=O) groups excluding carboxylic acids is 1. The van der Waals surface area contributed by atoms with Crippen molar-refractivity contribution < 1.29 is 13.2 Å². The fourth-order valence-electron chi connectivity index (χ4n) is 1.85. The summed E-state index contributed by atoms with van der Waals surface area (Å²) in [5, 5.41) is 2.70. The Bertz CT molecular complexity index is 789. The van der Waals surface area contributed by atoms with Crippen LogP contribution in [0.1, 0.15) is 25.5 Å². The molecule has 1 amide bonds. The van der Waals surface area contributed by atoms with Crippen LogP contribution in [0.4, 0.5) is 11.6 Å². The molecule has 1 heterocycles. The smallest absolute Gasteiger partial charge is 0.264 e. The van der Waals surface area contributed by atoms with Crippen molar-refractivity contribution >= 4 is 27.6 Å². The Kier molecular flexibility index (Phi) is 5.28. The average molecular weight is 334 g/mol. The first-order chi connectivity index (χ1) is 10.9. The molecular weight excluding hydrogens is 316 g/mol. The van der Waals surface area contributed by atoms with Gasteiger partial charge in [0, 0.05) is 24.0 Å². The molecule has 0 aliphatic rings. The van der Waals surface area contributed by atoms with E-state index in [2.05, 4.69) is 20.0 Å². The normalized spacial score (nSPS) is 11.0. The fraction of sp³-hybridized carbons (Fsp3) is 0.267. The molecular formula is C15H18N4O3S. The highest BCUT2D eigenvalue weighted by Crippen LogP contribution is 2.16. The van der Waals surface area contributed by atoms with Gasteiger partial charge in [0.2, 0.25) is 11.9 Å². The number of hydrogen-bond acceptors (Lipinski definition) is 5. The number of carbonyl (C=O) groups is 1. The molecule has 23 heavy (non-hydrogen) atoms. The minimum Gasteiger partial charge on any atom is -0.326 e. The van der Waals surface area contributed by atoms with E-state index in [-0.39, 0.29) is 16.8 Å². The summed E-state index contributed by atoms with van der Waals surface area (Å²) < 4.78 is 26.9. The Labute approximate surface area is 135 Å². The van der Waals surface area contributed by atoms with Crippen LogP contribution >= 0.6 is 0 Å². The zero-order valence-corrected chi connectivity index (χ0v) is 13.7. The number of aromatic nitrogens is 2. The molecule has 2 aromatic rings. The monoisotopic (exact) mass is 334 g/mol. The predicted octanol–water partition coefficient (Wildman–Crippen LogP) is 2.32. The summed E-state index contributed by atoms with van der Waals surface area (Å²) in [6.07, 6.45) is 2.65. The summed E-state index contributed by atoms with van der Waals surface area (Å²) in [6.45, 7) is 3.65. The van der Waals surface area contributed by atoms with Crippen molar-refractivity contribution in [2.45, 2.75) is 31.6 Å². The number of amides is 1. The van der Waals surface area contributed by atoms with E-state index < -0.39 is 10.0 Å². The summed E-state index contributed by atoms with van der Waals surface area (Å²) >= 11 is 0. The lowest BCUT2D eigenvalue weighted by Crippen LogP contribution is -2.15. The van der Waals surface area contributed by atoms with Crippen LogP contribution in [0.15, 0.2) is 41.4 Å². The maximum atomic E-state index is 12.3. The van der Waals surface area contributed by atoms with Gasteiger partial charge in [-0.3, -0.25) is 4.79 Å². The first-order valence-electron chi connectivity index (χ1n) is 7.13. The molecule has 0 radical (unpaired) electrons. The fourth-order valence-corrected chi connectivity index (χ4v) is 2.80. The van der Waals surface area contributed by atoms with Gasteiger partial charge >= 0.3 is 0 Å². The molecule has 1 aromatic heterocycles. The molecule has 0 aliphatic carbocycles. The van der Waals surface area contributed by atoms with Gasteiger partial charge in [-0.25, -0.2) is 23.1 Å². The SMILES string of the molecule is CCCC(=O)Nc1ccc(S(=O)(=O)Nc2nccc(C)n2)cc1. The van der Waals surface area contributed by atoms with Gasteiger partial charge in [0.25, 0.3) is 10.0 Å². The van der Waals surface area contributed by atoms with Crippen LogP contribution in [-0.2, 0) is 14.8 Å². The lowest BCUT2D eigenvalue weighted by Gasteiger charge is -2.08. The molecule has 0 bridgehead atoms. The first kappa shape index (κ1) is 16.9. The third-order valence-corrected chi connectivity index (χ3v) is 4.29. The molecule has 0 saturated heterocycles. The number of sulfonamides is 1. The van der Waals surface area contributed by atoms with Crippen LogP contribution in [0.5, 0.6) is 0 Å². The number of anilines is 2. The lowest BCUT2D eigenvalue weighted by atomic mass is 10.3. The van der Waals surface area contributed by atoms with Crippen LogP contribution in [0.3, 0.4) is 0 Å².